The lowest BCUT2D eigenvalue weighted by Crippen LogP contribution is -2.58. The van der Waals surface area contributed by atoms with Crippen LogP contribution >= 0.6 is 22.7 Å². The fourth-order valence-corrected chi connectivity index (χ4v) is 10.7. The second-order valence-electron chi connectivity index (χ2n) is 21.5. The molecule has 21 heteroatoms. The van der Waals surface area contributed by atoms with Gasteiger partial charge in [-0.15, -0.1) is 22.7 Å². The molecule has 76 heavy (non-hydrogen) atoms. The van der Waals surface area contributed by atoms with E-state index in [9.17, 15) is 39.0 Å². The van der Waals surface area contributed by atoms with E-state index in [1.807, 2.05) is 83.1 Å². The van der Waals surface area contributed by atoms with Crippen LogP contribution in [0.4, 0.5) is 0 Å². The predicted molar refractivity (Wildman–Crippen MR) is 288 cm³/mol. The van der Waals surface area contributed by atoms with E-state index in [0.29, 0.717) is 0 Å². The quantitative estimate of drug-likeness (QED) is 0.0539. The van der Waals surface area contributed by atoms with Gasteiger partial charge in [0.05, 0.1) is 84.0 Å². The van der Waals surface area contributed by atoms with E-state index in [0.717, 1.165) is 43.4 Å². The Morgan fingerprint density at radius 3 is 1.45 bits per heavy atom. The number of benzene rings is 2. The number of nitrogens with one attached hydrogen (secondary N) is 3. The summed E-state index contributed by atoms with van der Waals surface area (Å²) in [5, 5.41) is 29.8. The van der Waals surface area contributed by atoms with Gasteiger partial charge in [-0.1, -0.05) is 90.1 Å². The van der Waals surface area contributed by atoms with Gasteiger partial charge in [0.2, 0.25) is 29.5 Å². The van der Waals surface area contributed by atoms with Crippen molar-refractivity contribution >= 4 is 58.0 Å². The Morgan fingerprint density at radius 1 is 0.618 bits per heavy atom. The monoisotopic (exact) mass is 1090 g/mol. The number of aliphatic hydroxyl groups is 2. The van der Waals surface area contributed by atoms with E-state index in [2.05, 4.69) is 25.9 Å². The van der Waals surface area contributed by atoms with Crippen molar-refractivity contribution in [2.45, 2.75) is 118 Å². The highest BCUT2D eigenvalue weighted by Gasteiger charge is 2.46. The zero-order valence-electron chi connectivity index (χ0n) is 44.9. The minimum atomic E-state index is -1.00. The van der Waals surface area contributed by atoms with Crippen molar-refractivity contribution in [3.05, 3.63) is 82.1 Å². The Balaban J connectivity index is 0.832. The number of aryl methyl sites for hydroxylation is 2. The maximum absolute atomic E-state index is 14.0. The van der Waals surface area contributed by atoms with Crippen LogP contribution in [0.25, 0.3) is 20.9 Å². The van der Waals surface area contributed by atoms with E-state index < -0.39 is 64.8 Å². The summed E-state index contributed by atoms with van der Waals surface area (Å²) < 4.78 is 22.2. The number of β-amino-alcohol motifs (C(OH)–C–C–N with tert-alkyl or cyclic N) is 2. The van der Waals surface area contributed by atoms with Crippen LogP contribution in [0.3, 0.4) is 0 Å². The minimum absolute atomic E-state index is 0.00500. The molecule has 4 aromatic rings. The zero-order valence-corrected chi connectivity index (χ0v) is 46.6. The van der Waals surface area contributed by atoms with E-state index in [-0.39, 0.29) is 116 Å². The summed E-state index contributed by atoms with van der Waals surface area (Å²) in [4.78, 5) is 94.6. The van der Waals surface area contributed by atoms with Crippen molar-refractivity contribution in [1.82, 2.24) is 35.7 Å². The van der Waals surface area contributed by atoms with Gasteiger partial charge in [-0.05, 0) is 46.9 Å². The number of hydrogen-bond acceptors (Lipinski definition) is 16. The number of rotatable bonds is 26. The standard InChI is InChI=1S/C55H75N7O12S2/c1-34-47(75-32-58-34)38-13-9-36(10-14-38)26-56-50(67)44-24-40(63)28-61(44)52(69)43(54(3,4)5)23-42(65)30-73-21-19-71-17-18-72-20-22-74-31-46(66)60-49(55(6,7)8)53(70)62-29-41(64)25-45(62)51(68)57-27-37-11-15-39(16-12-37)48-35(2)59-33-76-48/h9-16,32-33,40-41,43-45,49,63-64H,17-31H2,1-8H3,(H,56,67)(H,57,68)(H,60,66)/t40-,41-,43-,44+,45+,49-/m1/s1. The molecule has 6 atom stereocenters. The Bertz CT molecular complexity index is 2400. The highest BCUT2D eigenvalue weighted by atomic mass is 32.1. The molecular weight excluding hydrogens is 1010 g/mol. The van der Waals surface area contributed by atoms with Gasteiger partial charge in [0, 0.05) is 51.4 Å². The number of Topliss-reactive ketones (excluding diaryl/α,β-unsaturated/α-hetero) is 1. The van der Waals surface area contributed by atoms with Crippen molar-refractivity contribution in [2.24, 2.45) is 16.7 Å². The molecular formula is C55H75N7O12S2. The van der Waals surface area contributed by atoms with Gasteiger partial charge in [-0.3, -0.25) is 28.8 Å². The molecule has 0 aliphatic carbocycles. The molecule has 2 saturated heterocycles. The number of carbonyl (C=O) groups excluding carboxylic acids is 6. The molecule has 5 amide bonds. The smallest absolute Gasteiger partial charge is 0.246 e. The summed E-state index contributed by atoms with van der Waals surface area (Å²) in [7, 11) is 0. The molecule has 5 N–H and O–H groups in total. The van der Waals surface area contributed by atoms with E-state index >= 15 is 0 Å². The second-order valence-corrected chi connectivity index (χ2v) is 23.2. The molecule has 2 aliphatic heterocycles. The van der Waals surface area contributed by atoms with Crippen molar-refractivity contribution in [3.63, 3.8) is 0 Å². The Morgan fingerprint density at radius 2 is 1.04 bits per heavy atom. The summed E-state index contributed by atoms with van der Waals surface area (Å²) in [6.45, 7) is 15.8. The first kappa shape index (κ1) is 59.7. The number of hydrogen-bond donors (Lipinski definition) is 5. The molecule has 0 bridgehead atoms. The number of aliphatic hydroxyl groups excluding tert-OH is 2. The average molecular weight is 1090 g/mol. The summed E-state index contributed by atoms with van der Waals surface area (Å²) in [6.07, 6.45) is -1.69. The summed E-state index contributed by atoms with van der Waals surface area (Å²) in [6, 6.07) is 12.9. The van der Waals surface area contributed by atoms with E-state index in [1.54, 1.807) is 54.5 Å². The SMILES string of the molecule is Cc1ncsc1-c1ccc(CNC(=O)[C@@H]2C[C@@H](O)CN2C(=O)[C@@H](CC(=O)COCCOCCOCCOCC(=O)N[C@H](C(=O)N2C[C@H](O)C[C@H]2C(=O)NCc2ccc(-c3scnc3C)cc2)C(C)(C)C)C(C)(C)C)cc1. The third-order valence-corrected chi connectivity index (χ3v) is 15.3. The lowest BCUT2D eigenvalue weighted by Gasteiger charge is -2.35. The van der Waals surface area contributed by atoms with Crippen LogP contribution in [-0.2, 0) is 60.8 Å². The third-order valence-electron chi connectivity index (χ3n) is 13.4. The van der Waals surface area contributed by atoms with Crippen LogP contribution in [-0.4, -0.2) is 162 Å². The first-order chi connectivity index (χ1) is 36.1. The average Bonchev–Trinajstić information content (AvgIpc) is 4.20. The maximum Gasteiger partial charge on any atom is 0.246 e. The molecule has 2 aromatic carbocycles. The first-order valence-electron chi connectivity index (χ1n) is 25.7. The van der Waals surface area contributed by atoms with Gasteiger partial charge >= 0.3 is 0 Å². The molecule has 6 rings (SSSR count). The minimum Gasteiger partial charge on any atom is -0.391 e. The molecule has 19 nitrogen and oxygen atoms in total. The van der Waals surface area contributed by atoms with Crippen molar-refractivity contribution < 1.29 is 57.9 Å². The topological polar surface area (TPSA) is 248 Å². The summed E-state index contributed by atoms with van der Waals surface area (Å²) >= 11 is 3.12. The number of ether oxygens (including phenoxy) is 4. The van der Waals surface area contributed by atoms with Gasteiger partial charge < -0.3 is 54.9 Å². The van der Waals surface area contributed by atoms with Crippen LogP contribution in [0.5, 0.6) is 0 Å². The lowest BCUT2D eigenvalue weighted by molar-refractivity contribution is -0.146. The molecule has 2 aliphatic rings. The van der Waals surface area contributed by atoms with Crippen LogP contribution in [0.1, 0.15) is 83.3 Å². The number of carbonyl (C=O) groups is 6. The van der Waals surface area contributed by atoms with E-state index in [1.165, 1.54) is 9.80 Å². The fourth-order valence-electron chi connectivity index (χ4n) is 9.11. The molecule has 2 aromatic heterocycles. The third kappa shape index (κ3) is 17.0. The van der Waals surface area contributed by atoms with Gasteiger partial charge in [-0.25, -0.2) is 9.97 Å². The highest BCUT2D eigenvalue weighted by Crippen LogP contribution is 2.34. The Kier molecular flexibility index (Phi) is 21.8. The summed E-state index contributed by atoms with van der Waals surface area (Å²) in [5.41, 5.74) is 7.99. The number of thiazole rings is 2. The molecule has 2 fully saturated rings. The molecule has 0 unspecified atom stereocenters. The highest BCUT2D eigenvalue weighted by molar-refractivity contribution is 7.13. The zero-order chi connectivity index (χ0) is 55.2. The Hall–Kier alpha value is -5.52. The molecule has 0 saturated carbocycles. The largest absolute Gasteiger partial charge is 0.391 e. The van der Waals surface area contributed by atoms with Crippen LogP contribution < -0.4 is 16.0 Å². The van der Waals surface area contributed by atoms with E-state index in [4.69, 9.17) is 18.9 Å². The number of likely N-dealkylation sites (tertiary alicyclic amines) is 2. The number of aromatic nitrogens is 2. The van der Waals surface area contributed by atoms with Crippen LogP contribution in [0.15, 0.2) is 59.6 Å². The Labute approximate surface area is 453 Å². The van der Waals surface area contributed by atoms with Crippen molar-refractivity contribution in [2.75, 3.05) is 65.9 Å². The molecule has 414 valence electrons. The second kappa shape index (κ2) is 27.7. The van der Waals surface area contributed by atoms with Crippen molar-refractivity contribution in [1.29, 1.82) is 0 Å². The van der Waals surface area contributed by atoms with Gasteiger partial charge in [0.1, 0.15) is 31.3 Å². The number of amides is 5. The number of ketones is 1. The predicted octanol–water partition coefficient (Wildman–Crippen LogP) is 4.63. The normalized spacial score (nSPS) is 18.6. The number of nitrogens with zero attached hydrogens (tertiary/aromatic N) is 4. The lowest BCUT2D eigenvalue weighted by atomic mass is 9.77. The molecule has 4 heterocycles. The van der Waals surface area contributed by atoms with Crippen LogP contribution in [0, 0.1) is 30.6 Å². The molecule has 0 spiro atoms. The van der Waals surface area contributed by atoms with Gasteiger partial charge in [0.25, 0.3) is 0 Å². The van der Waals surface area contributed by atoms with Gasteiger partial charge in [-0.2, -0.15) is 0 Å². The summed E-state index contributed by atoms with van der Waals surface area (Å²) in [5.74, 6) is -3.16. The first-order valence-corrected chi connectivity index (χ1v) is 27.5. The molecule has 0 radical (unpaired) electrons. The van der Waals surface area contributed by atoms with Gasteiger partial charge in [0.15, 0.2) is 5.78 Å². The fraction of sp³-hybridized carbons (Fsp3) is 0.564. The maximum atomic E-state index is 14.0. The van der Waals surface area contributed by atoms with Crippen LogP contribution in [0.2, 0.25) is 0 Å². The van der Waals surface area contributed by atoms with Crippen molar-refractivity contribution in [3.8, 4) is 20.9 Å².